The SMILES string of the molecule is CC(C)(C)c1cccc(C2CC3(CCN(C(=O)[C@H]4C[C@@](C)(O)C4)CC3)C2)c1. The van der Waals surface area contributed by atoms with Crippen molar-refractivity contribution in [3.8, 4) is 0 Å². The van der Waals surface area contributed by atoms with Gasteiger partial charge in [-0.05, 0) is 73.3 Å². The molecule has 148 valence electrons. The van der Waals surface area contributed by atoms with Crippen LogP contribution in [0.15, 0.2) is 24.3 Å². The Hall–Kier alpha value is -1.35. The van der Waals surface area contributed by atoms with Gasteiger partial charge in [0.15, 0.2) is 0 Å². The summed E-state index contributed by atoms with van der Waals surface area (Å²) in [5, 5.41) is 9.90. The Morgan fingerprint density at radius 3 is 2.30 bits per heavy atom. The number of piperidine rings is 1. The first-order valence-corrected chi connectivity index (χ1v) is 10.7. The predicted octanol–water partition coefficient (Wildman–Crippen LogP) is 4.63. The summed E-state index contributed by atoms with van der Waals surface area (Å²) in [5.41, 5.74) is 2.99. The normalized spacial score (nSPS) is 30.7. The van der Waals surface area contributed by atoms with Gasteiger partial charge in [-0.2, -0.15) is 0 Å². The van der Waals surface area contributed by atoms with E-state index >= 15 is 0 Å². The summed E-state index contributed by atoms with van der Waals surface area (Å²) in [6.07, 6.45) is 6.13. The fraction of sp³-hybridized carbons (Fsp3) is 0.708. The second kappa shape index (κ2) is 6.34. The van der Waals surface area contributed by atoms with Crippen LogP contribution in [0.3, 0.4) is 0 Å². The minimum atomic E-state index is -0.611. The lowest BCUT2D eigenvalue weighted by Crippen LogP contribution is -2.53. The topological polar surface area (TPSA) is 40.5 Å². The van der Waals surface area contributed by atoms with Crippen molar-refractivity contribution in [3.63, 3.8) is 0 Å². The summed E-state index contributed by atoms with van der Waals surface area (Å²) < 4.78 is 0. The average Bonchev–Trinajstić information content (AvgIpc) is 2.56. The third-order valence-corrected chi connectivity index (χ3v) is 7.44. The summed E-state index contributed by atoms with van der Waals surface area (Å²) >= 11 is 0. The highest BCUT2D eigenvalue weighted by molar-refractivity contribution is 5.80. The number of amides is 1. The molecular weight excluding hydrogens is 334 g/mol. The maximum atomic E-state index is 12.6. The molecular formula is C24H35NO2. The number of likely N-dealkylation sites (tertiary alicyclic amines) is 1. The highest BCUT2D eigenvalue weighted by atomic mass is 16.3. The van der Waals surface area contributed by atoms with E-state index in [9.17, 15) is 9.90 Å². The molecule has 0 bridgehead atoms. The van der Waals surface area contributed by atoms with Crippen molar-refractivity contribution < 1.29 is 9.90 Å². The minimum absolute atomic E-state index is 0.0586. The van der Waals surface area contributed by atoms with Crippen LogP contribution in [0.2, 0.25) is 0 Å². The van der Waals surface area contributed by atoms with Crippen LogP contribution in [0.25, 0.3) is 0 Å². The van der Waals surface area contributed by atoms with Crippen molar-refractivity contribution in [2.45, 2.75) is 83.2 Å². The first kappa shape index (κ1) is 19.0. The van der Waals surface area contributed by atoms with Gasteiger partial charge in [0.2, 0.25) is 5.91 Å². The quantitative estimate of drug-likeness (QED) is 0.825. The van der Waals surface area contributed by atoms with E-state index in [0.29, 0.717) is 24.2 Å². The summed E-state index contributed by atoms with van der Waals surface area (Å²) in [6.45, 7) is 10.5. The molecule has 3 heteroatoms. The maximum Gasteiger partial charge on any atom is 0.225 e. The van der Waals surface area contributed by atoms with Gasteiger partial charge in [0.25, 0.3) is 0 Å². The number of hydrogen-bond acceptors (Lipinski definition) is 2. The second-order valence-electron chi connectivity index (χ2n) is 10.9. The van der Waals surface area contributed by atoms with Gasteiger partial charge >= 0.3 is 0 Å². The van der Waals surface area contributed by atoms with Gasteiger partial charge in [-0.1, -0.05) is 45.0 Å². The molecule has 3 aliphatic rings. The Kier molecular flexibility index (Phi) is 4.46. The van der Waals surface area contributed by atoms with E-state index in [1.54, 1.807) is 0 Å². The number of nitrogens with zero attached hydrogens (tertiary/aromatic N) is 1. The number of aliphatic hydroxyl groups is 1. The van der Waals surface area contributed by atoms with Crippen molar-refractivity contribution in [2.24, 2.45) is 11.3 Å². The molecule has 1 aliphatic heterocycles. The standard InChI is InChI=1S/C24H35NO2/c1-22(2,3)20-7-5-6-17(12-20)18-15-24(16-18)8-10-25(11-9-24)21(26)19-13-23(4,27)14-19/h5-7,12,18-19,27H,8-11,13-16H2,1-4H3/t19-,23+. The van der Waals surface area contributed by atoms with Gasteiger partial charge in [-0.15, -0.1) is 0 Å². The molecule has 3 nitrogen and oxygen atoms in total. The molecule has 0 radical (unpaired) electrons. The second-order valence-corrected chi connectivity index (χ2v) is 10.9. The van der Waals surface area contributed by atoms with E-state index in [-0.39, 0.29) is 17.2 Å². The Labute approximate surface area is 164 Å². The van der Waals surface area contributed by atoms with Crippen molar-refractivity contribution in [3.05, 3.63) is 35.4 Å². The molecule has 0 unspecified atom stereocenters. The van der Waals surface area contributed by atoms with Gasteiger partial charge < -0.3 is 10.0 Å². The van der Waals surface area contributed by atoms with Crippen LogP contribution in [0.1, 0.15) is 83.3 Å². The molecule has 1 spiro atoms. The van der Waals surface area contributed by atoms with Crippen LogP contribution in [-0.2, 0) is 10.2 Å². The maximum absolute atomic E-state index is 12.6. The van der Waals surface area contributed by atoms with Crippen molar-refractivity contribution in [2.75, 3.05) is 13.1 Å². The first-order chi connectivity index (χ1) is 12.6. The minimum Gasteiger partial charge on any atom is -0.390 e. The molecule has 4 rings (SSSR count). The van der Waals surface area contributed by atoms with Gasteiger partial charge in [0.05, 0.1) is 5.60 Å². The Morgan fingerprint density at radius 1 is 1.11 bits per heavy atom. The van der Waals surface area contributed by atoms with Crippen LogP contribution in [0.4, 0.5) is 0 Å². The van der Waals surface area contributed by atoms with E-state index in [0.717, 1.165) is 25.9 Å². The highest BCUT2D eigenvalue weighted by Crippen LogP contribution is 2.57. The number of rotatable bonds is 2. The van der Waals surface area contributed by atoms with Crippen molar-refractivity contribution >= 4 is 5.91 Å². The lowest BCUT2D eigenvalue weighted by Gasteiger charge is -2.53. The van der Waals surface area contributed by atoms with Crippen molar-refractivity contribution in [1.82, 2.24) is 4.90 Å². The molecule has 3 fully saturated rings. The van der Waals surface area contributed by atoms with Gasteiger partial charge in [0, 0.05) is 19.0 Å². The zero-order valence-corrected chi connectivity index (χ0v) is 17.4. The van der Waals surface area contributed by atoms with E-state index in [2.05, 4.69) is 49.9 Å². The largest absolute Gasteiger partial charge is 0.390 e. The highest BCUT2D eigenvalue weighted by Gasteiger charge is 2.49. The summed E-state index contributed by atoms with van der Waals surface area (Å²) in [7, 11) is 0. The lowest BCUT2D eigenvalue weighted by atomic mass is 9.56. The molecule has 2 aliphatic carbocycles. The number of hydrogen-bond donors (Lipinski definition) is 1. The van der Waals surface area contributed by atoms with Crippen molar-refractivity contribution in [1.29, 1.82) is 0 Å². The van der Waals surface area contributed by atoms with Gasteiger partial charge in [-0.25, -0.2) is 0 Å². The van der Waals surface area contributed by atoms with Crippen LogP contribution >= 0.6 is 0 Å². The molecule has 0 aromatic heterocycles. The van der Waals surface area contributed by atoms with E-state index in [1.165, 1.54) is 24.0 Å². The van der Waals surface area contributed by atoms with Gasteiger partial charge in [-0.3, -0.25) is 4.79 Å². The van der Waals surface area contributed by atoms with Crippen LogP contribution in [0.5, 0.6) is 0 Å². The Bertz CT molecular complexity index is 706. The van der Waals surface area contributed by atoms with E-state index in [4.69, 9.17) is 0 Å². The molecule has 1 saturated heterocycles. The molecule has 0 atom stereocenters. The third kappa shape index (κ3) is 3.68. The zero-order chi connectivity index (χ0) is 19.4. The van der Waals surface area contributed by atoms with Crippen LogP contribution in [0, 0.1) is 11.3 Å². The molecule has 1 heterocycles. The van der Waals surface area contributed by atoms with Crippen LogP contribution in [-0.4, -0.2) is 34.6 Å². The molecule has 1 aromatic carbocycles. The molecule has 27 heavy (non-hydrogen) atoms. The summed E-state index contributed by atoms with van der Waals surface area (Å²) in [5.74, 6) is 1.03. The fourth-order valence-electron chi connectivity index (χ4n) is 5.52. The molecule has 1 aromatic rings. The zero-order valence-electron chi connectivity index (χ0n) is 17.4. The van der Waals surface area contributed by atoms with E-state index in [1.807, 2.05) is 6.92 Å². The molecule has 1 amide bonds. The van der Waals surface area contributed by atoms with Crippen LogP contribution < -0.4 is 0 Å². The predicted molar refractivity (Wildman–Crippen MR) is 109 cm³/mol. The summed E-state index contributed by atoms with van der Waals surface area (Å²) in [4.78, 5) is 14.7. The number of carbonyl (C=O) groups is 1. The number of benzene rings is 1. The smallest absolute Gasteiger partial charge is 0.225 e. The monoisotopic (exact) mass is 369 g/mol. The third-order valence-electron chi connectivity index (χ3n) is 7.44. The lowest BCUT2D eigenvalue weighted by molar-refractivity contribution is -0.153. The molecule has 2 saturated carbocycles. The number of carbonyl (C=O) groups excluding carboxylic acids is 1. The fourth-order valence-corrected chi connectivity index (χ4v) is 5.52. The summed E-state index contributed by atoms with van der Waals surface area (Å²) in [6, 6.07) is 9.18. The van der Waals surface area contributed by atoms with Gasteiger partial charge in [0.1, 0.15) is 0 Å². The Morgan fingerprint density at radius 2 is 1.74 bits per heavy atom. The van der Waals surface area contributed by atoms with E-state index < -0.39 is 5.60 Å². The molecule has 1 N–H and O–H groups in total. The average molecular weight is 370 g/mol. The first-order valence-electron chi connectivity index (χ1n) is 10.7. The Balaban J connectivity index is 1.31.